The van der Waals surface area contributed by atoms with Gasteiger partial charge in [0.2, 0.25) is 0 Å². The van der Waals surface area contributed by atoms with Crippen molar-refractivity contribution in [3.05, 3.63) is 158 Å². The van der Waals surface area contributed by atoms with Crippen molar-refractivity contribution in [1.82, 2.24) is 0 Å². The molecule has 0 aromatic heterocycles. The number of benzene rings is 6. The molecule has 0 aliphatic rings. The molecule has 0 unspecified atom stereocenters. The maximum Gasteiger partial charge on any atom is 0.573 e. The minimum absolute atomic E-state index is 0.344. The maximum absolute atomic E-state index is 12.4. The van der Waals surface area contributed by atoms with E-state index >= 15 is 0 Å². The summed E-state index contributed by atoms with van der Waals surface area (Å²) in [7, 11) is 0.777. The predicted octanol–water partition coefficient (Wildman–Crippen LogP) is 10.9. The number of para-hydroxylation sites is 2. The number of hydrogen-bond donors (Lipinski definition) is 0. The highest BCUT2D eigenvalue weighted by Gasteiger charge is 2.31. The third-order valence-electron chi connectivity index (χ3n) is 6.63. The molecular weight excluding hydrogens is 649 g/mol. The molecule has 0 heterocycles. The number of halogens is 6. The molecule has 6 aromatic carbocycles. The van der Waals surface area contributed by atoms with Crippen LogP contribution in [-0.4, -0.2) is 12.7 Å². The quantitative estimate of drug-likeness (QED) is 0.119. The van der Waals surface area contributed by atoms with E-state index in [2.05, 4.69) is 70.1 Å². The molecule has 0 N–H and O–H groups in total. The van der Waals surface area contributed by atoms with E-state index in [0.29, 0.717) is 33.8 Å². The molecule has 0 aliphatic carbocycles. The van der Waals surface area contributed by atoms with Crippen LogP contribution in [0.5, 0.6) is 23.0 Å². The zero-order valence-electron chi connectivity index (χ0n) is 25.0. The van der Waals surface area contributed by atoms with Crippen LogP contribution >= 0.6 is 8.58 Å². The molecule has 0 bridgehead atoms. The highest BCUT2D eigenvalue weighted by atomic mass is 31.1. The van der Waals surface area contributed by atoms with Crippen molar-refractivity contribution in [3.63, 3.8) is 0 Å². The molecule has 3 nitrogen and oxygen atoms in total. The molecular formula is C38H27F6O3P. The first-order valence-electron chi connectivity index (χ1n) is 14.5. The topological polar surface area (TPSA) is 27.7 Å². The molecule has 0 amide bonds. The van der Waals surface area contributed by atoms with E-state index in [-0.39, 0.29) is 11.5 Å². The summed E-state index contributed by atoms with van der Waals surface area (Å²) in [5.41, 5.74) is 2.44. The summed E-state index contributed by atoms with van der Waals surface area (Å²) < 4.78 is 88.6. The standard InChI is InChI=1S/C26H16F6O3.C12H11P/c27-25(28,29)34-19-13-9-17(10-14-19)21-5-1-3-7-23(21)33-24-8-4-2-6-22(24)18-11-15-20(16-12-18)35-26(30,31)32;1-3-7-11(8-4-1)13-12-9-5-2-6-10-12/h1-16H;1-10,13H. The smallest absolute Gasteiger partial charge is 0.456 e. The zero-order valence-corrected chi connectivity index (χ0v) is 26.0. The molecule has 6 rings (SSSR count). The van der Waals surface area contributed by atoms with Crippen molar-refractivity contribution in [2.75, 3.05) is 0 Å². The lowest BCUT2D eigenvalue weighted by molar-refractivity contribution is -0.275. The Morgan fingerprint density at radius 3 is 1.06 bits per heavy atom. The van der Waals surface area contributed by atoms with Gasteiger partial charge in [-0.3, -0.25) is 0 Å². The van der Waals surface area contributed by atoms with Gasteiger partial charge in [0, 0.05) is 11.1 Å². The van der Waals surface area contributed by atoms with Gasteiger partial charge in [0.05, 0.1) is 0 Å². The van der Waals surface area contributed by atoms with Crippen LogP contribution in [0.25, 0.3) is 22.3 Å². The number of alkyl halides is 6. The van der Waals surface area contributed by atoms with Gasteiger partial charge in [-0.25, -0.2) is 0 Å². The van der Waals surface area contributed by atoms with Crippen LogP contribution in [-0.2, 0) is 0 Å². The van der Waals surface area contributed by atoms with E-state index in [1.807, 2.05) is 0 Å². The van der Waals surface area contributed by atoms with Crippen molar-refractivity contribution in [3.8, 4) is 45.3 Å². The van der Waals surface area contributed by atoms with Crippen molar-refractivity contribution in [1.29, 1.82) is 0 Å². The minimum Gasteiger partial charge on any atom is -0.456 e. The van der Waals surface area contributed by atoms with Gasteiger partial charge in [-0.2, -0.15) is 0 Å². The van der Waals surface area contributed by atoms with Crippen LogP contribution in [0.4, 0.5) is 26.3 Å². The summed E-state index contributed by atoms with van der Waals surface area (Å²) in [6.45, 7) is 0. The first-order valence-corrected chi connectivity index (χ1v) is 15.5. The number of rotatable bonds is 8. The number of hydrogen-bond acceptors (Lipinski definition) is 3. The van der Waals surface area contributed by atoms with Crippen LogP contribution in [0.1, 0.15) is 0 Å². The molecule has 244 valence electrons. The number of ether oxygens (including phenoxy) is 3. The van der Waals surface area contributed by atoms with Crippen LogP contribution in [0.3, 0.4) is 0 Å². The van der Waals surface area contributed by atoms with E-state index < -0.39 is 12.7 Å². The fourth-order valence-electron chi connectivity index (χ4n) is 4.59. The van der Waals surface area contributed by atoms with E-state index in [9.17, 15) is 26.3 Å². The van der Waals surface area contributed by atoms with Crippen LogP contribution < -0.4 is 24.8 Å². The van der Waals surface area contributed by atoms with Gasteiger partial charge in [0.1, 0.15) is 23.0 Å². The van der Waals surface area contributed by atoms with E-state index in [1.54, 1.807) is 48.5 Å². The second-order valence-corrected chi connectivity index (χ2v) is 11.5. The third-order valence-corrected chi connectivity index (χ3v) is 7.87. The summed E-state index contributed by atoms with van der Waals surface area (Å²) in [6.07, 6.45) is -9.58. The summed E-state index contributed by atoms with van der Waals surface area (Å²) in [5, 5.41) is 2.79. The van der Waals surface area contributed by atoms with Gasteiger partial charge < -0.3 is 14.2 Å². The predicted molar refractivity (Wildman–Crippen MR) is 178 cm³/mol. The summed E-state index contributed by atoms with van der Waals surface area (Å²) in [6, 6.07) is 45.8. The zero-order chi connectivity index (χ0) is 34.0. The minimum atomic E-state index is -4.79. The Kier molecular flexibility index (Phi) is 11.0. The Morgan fingerprint density at radius 2 is 0.708 bits per heavy atom. The lowest BCUT2D eigenvalue weighted by Crippen LogP contribution is -2.16. The molecule has 0 fully saturated rings. The second kappa shape index (κ2) is 15.5. The summed E-state index contributed by atoms with van der Waals surface area (Å²) >= 11 is 0. The lowest BCUT2D eigenvalue weighted by atomic mass is 10.0. The molecule has 0 saturated carbocycles. The van der Waals surface area contributed by atoms with Gasteiger partial charge in [-0.15, -0.1) is 26.3 Å². The van der Waals surface area contributed by atoms with E-state index in [4.69, 9.17) is 4.74 Å². The maximum atomic E-state index is 12.4. The Balaban J connectivity index is 0.000000288. The van der Waals surface area contributed by atoms with Crippen molar-refractivity contribution < 1.29 is 40.6 Å². The highest BCUT2D eigenvalue weighted by molar-refractivity contribution is 7.55. The molecule has 48 heavy (non-hydrogen) atoms. The molecule has 0 radical (unpaired) electrons. The Hall–Kier alpha value is -5.27. The molecule has 0 spiro atoms. The van der Waals surface area contributed by atoms with Gasteiger partial charge in [0.25, 0.3) is 0 Å². The fraction of sp³-hybridized carbons (Fsp3) is 0.0526. The second-order valence-electron chi connectivity index (χ2n) is 10.1. The molecule has 6 aromatic rings. The summed E-state index contributed by atoms with van der Waals surface area (Å²) in [5.74, 6) is 0.175. The highest BCUT2D eigenvalue weighted by Crippen LogP contribution is 2.39. The average molecular weight is 677 g/mol. The monoisotopic (exact) mass is 676 g/mol. The van der Waals surface area contributed by atoms with Gasteiger partial charge in [0.15, 0.2) is 0 Å². The van der Waals surface area contributed by atoms with Gasteiger partial charge in [-0.1, -0.05) is 130 Å². The molecule has 10 heteroatoms. The first-order chi connectivity index (χ1) is 23.0. The lowest BCUT2D eigenvalue weighted by Gasteiger charge is -2.15. The molecule has 0 atom stereocenters. The fourth-order valence-corrected chi connectivity index (χ4v) is 5.64. The third kappa shape index (κ3) is 10.4. The summed E-state index contributed by atoms with van der Waals surface area (Å²) in [4.78, 5) is 0. The Bertz CT molecular complexity index is 1740. The van der Waals surface area contributed by atoms with Crippen LogP contribution in [0.15, 0.2) is 158 Å². The van der Waals surface area contributed by atoms with Crippen LogP contribution in [0, 0.1) is 0 Å². The van der Waals surface area contributed by atoms with Gasteiger partial charge in [-0.05, 0) is 58.1 Å². The Morgan fingerprint density at radius 1 is 0.375 bits per heavy atom. The normalized spacial score (nSPS) is 11.2. The van der Waals surface area contributed by atoms with E-state index in [0.717, 1.165) is 8.58 Å². The van der Waals surface area contributed by atoms with Crippen molar-refractivity contribution in [2.45, 2.75) is 12.7 Å². The average Bonchev–Trinajstić information content (AvgIpc) is 3.06. The molecule has 0 saturated heterocycles. The SMILES string of the molecule is FC(F)(F)Oc1ccc(-c2ccccc2Oc2ccccc2-c2ccc(OC(F)(F)F)cc2)cc1.c1ccc(Pc2ccccc2)cc1. The molecule has 0 aliphatic heterocycles. The van der Waals surface area contributed by atoms with Gasteiger partial charge >= 0.3 is 12.7 Å². The first kappa shape index (κ1) is 34.1. The van der Waals surface area contributed by atoms with E-state index in [1.165, 1.54) is 59.1 Å². The van der Waals surface area contributed by atoms with Crippen molar-refractivity contribution >= 4 is 19.2 Å². The van der Waals surface area contributed by atoms with Crippen LogP contribution in [0.2, 0.25) is 0 Å². The Labute approximate surface area is 275 Å². The largest absolute Gasteiger partial charge is 0.573 e. The van der Waals surface area contributed by atoms with Crippen molar-refractivity contribution in [2.24, 2.45) is 0 Å².